The third-order valence-corrected chi connectivity index (χ3v) is 4.75. The SMILES string of the molecule is Cc1c(Br)ccc2c1C(=Cc1cc3ccccc3o1)C(=O)N2. The van der Waals surface area contributed by atoms with Crippen LogP contribution in [0.1, 0.15) is 16.9 Å². The van der Waals surface area contributed by atoms with E-state index in [-0.39, 0.29) is 5.91 Å². The molecule has 3 aromatic rings. The number of benzene rings is 2. The summed E-state index contributed by atoms with van der Waals surface area (Å²) in [5.74, 6) is 0.579. The Morgan fingerprint density at radius 3 is 2.82 bits per heavy atom. The monoisotopic (exact) mass is 353 g/mol. The summed E-state index contributed by atoms with van der Waals surface area (Å²) in [6.45, 7) is 2.00. The number of fused-ring (bicyclic) bond motifs is 2. The highest BCUT2D eigenvalue weighted by Crippen LogP contribution is 2.38. The van der Waals surface area contributed by atoms with E-state index in [9.17, 15) is 4.79 Å². The molecule has 0 atom stereocenters. The first-order chi connectivity index (χ1) is 10.6. The van der Waals surface area contributed by atoms with Crippen molar-refractivity contribution in [2.75, 3.05) is 5.32 Å². The molecule has 1 aromatic heterocycles. The predicted molar refractivity (Wildman–Crippen MR) is 91.6 cm³/mol. The average molecular weight is 354 g/mol. The van der Waals surface area contributed by atoms with Gasteiger partial charge in [0.2, 0.25) is 0 Å². The molecule has 4 rings (SSSR count). The maximum atomic E-state index is 12.3. The van der Waals surface area contributed by atoms with Crippen molar-refractivity contribution in [3.05, 3.63) is 63.8 Å². The van der Waals surface area contributed by atoms with E-state index in [2.05, 4.69) is 21.2 Å². The Bertz CT molecular complexity index is 920. The minimum absolute atomic E-state index is 0.100. The summed E-state index contributed by atoms with van der Waals surface area (Å²) in [6, 6.07) is 13.6. The van der Waals surface area contributed by atoms with Gasteiger partial charge in [0.25, 0.3) is 5.91 Å². The lowest BCUT2D eigenvalue weighted by Gasteiger charge is -2.05. The number of carbonyl (C=O) groups is 1. The van der Waals surface area contributed by atoms with Gasteiger partial charge in [0.05, 0.1) is 5.57 Å². The molecule has 1 aliphatic heterocycles. The van der Waals surface area contributed by atoms with Crippen LogP contribution in [0.3, 0.4) is 0 Å². The number of furan rings is 1. The molecule has 0 aliphatic carbocycles. The molecule has 4 heteroatoms. The van der Waals surface area contributed by atoms with Crippen molar-refractivity contribution in [1.29, 1.82) is 0 Å². The summed E-state index contributed by atoms with van der Waals surface area (Å²) < 4.78 is 6.78. The molecule has 22 heavy (non-hydrogen) atoms. The third kappa shape index (κ3) is 1.99. The number of amides is 1. The van der Waals surface area contributed by atoms with Gasteiger partial charge in [0, 0.05) is 21.1 Å². The van der Waals surface area contributed by atoms with Gasteiger partial charge in [0.15, 0.2) is 0 Å². The van der Waals surface area contributed by atoms with Crippen LogP contribution in [0.5, 0.6) is 0 Å². The van der Waals surface area contributed by atoms with E-state index in [0.717, 1.165) is 32.3 Å². The van der Waals surface area contributed by atoms with Crippen LogP contribution in [0, 0.1) is 6.92 Å². The number of rotatable bonds is 1. The van der Waals surface area contributed by atoms with Crippen LogP contribution in [-0.4, -0.2) is 5.91 Å². The molecule has 1 aliphatic rings. The highest BCUT2D eigenvalue weighted by Gasteiger charge is 2.27. The van der Waals surface area contributed by atoms with Crippen LogP contribution in [0.25, 0.3) is 22.6 Å². The number of para-hydroxylation sites is 1. The van der Waals surface area contributed by atoms with Crippen molar-refractivity contribution >= 4 is 50.1 Å². The van der Waals surface area contributed by atoms with Crippen molar-refractivity contribution in [3.8, 4) is 0 Å². The molecule has 0 unspecified atom stereocenters. The minimum atomic E-state index is -0.100. The molecule has 0 bridgehead atoms. The van der Waals surface area contributed by atoms with Crippen molar-refractivity contribution < 1.29 is 9.21 Å². The normalized spacial score (nSPS) is 15.4. The highest BCUT2D eigenvalue weighted by atomic mass is 79.9. The average Bonchev–Trinajstić information content (AvgIpc) is 3.05. The number of anilines is 1. The lowest BCUT2D eigenvalue weighted by atomic mass is 10.0. The number of hydrogen-bond acceptors (Lipinski definition) is 2. The number of halogens is 1. The van der Waals surface area contributed by atoms with Crippen LogP contribution in [0.4, 0.5) is 5.69 Å². The zero-order valence-electron chi connectivity index (χ0n) is 11.8. The Morgan fingerprint density at radius 2 is 2.00 bits per heavy atom. The van der Waals surface area contributed by atoms with Crippen molar-refractivity contribution in [1.82, 2.24) is 0 Å². The van der Waals surface area contributed by atoms with Crippen molar-refractivity contribution in [2.24, 2.45) is 0 Å². The van der Waals surface area contributed by atoms with Crippen LogP contribution >= 0.6 is 15.9 Å². The maximum Gasteiger partial charge on any atom is 0.256 e. The molecule has 3 nitrogen and oxygen atoms in total. The minimum Gasteiger partial charge on any atom is -0.457 e. The second-order valence-corrected chi connectivity index (χ2v) is 6.15. The summed E-state index contributed by atoms with van der Waals surface area (Å²) in [4.78, 5) is 12.3. The molecular weight excluding hydrogens is 342 g/mol. The van der Waals surface area contributed by atoms with E-state index in [4.69, 9.17) is 4.42 Å². The van der Waals surface area contributed by atoms with E-state index < -0.39 is 0 Å². The van der Waals surface area contributed by atoms with Crippen LogP contribution in [0.2, 0.25) is 0 Å². The van der Waals surface area contributed by atoms with Gasteiger partial charge in [-0.2, -0.15) is 0 Å². The van der Waals surface area contributed by atoms with Crippen LogP contribution < -0.4 is 5.32 Å². The summed E-state index contributed by atoms with van der Waals surface area (Å²) in [7, 11) is 0. The fourth-order valence-corrected chi connectivity index (χ4v) is 3.12. The van der Waals surface area contributed by atoms with Gasteiger partial charge < -0.3 is 9.73 Å². The first kappa shape index (κ1) is 13.3. The maximum absolute atomic E-state index is 12.3. The van der Waals surface area contributed by atoms with Crippen LogP contribution in [0.15, 0.2) is 51.4 Å². The lowest BCUT2D eigenvalue weighted by molar-refractivity contribution is -0.110. The topological polar surface area (TPSA) is 42.2 Å². The zero-order chi connectivity index (χ0) is 15.3. The molecule has 0 saturated heterocycles. The smallest absolute Gasteiger partial charge is 0.256 e. The Kier molecular flexibility index (Phi) is 2.94. The number of nitrogens with one attached hydrogen (secondary N) is 1. The standard InChI is InChI=1S/C18H12BrNO2/c1-10-14(19)6-7-15-17(10)13(18(21)20-15)9-12-8-11-4-2-3-5-16(11)22-12/h2-9H,1H3,(H,20,21). The largest absolute Gasteiger partial charge is 0.457 e. The fourth-order valence-electron chi connectivity index (χ4n) is 2.79. The molecule has 1 amide bonds. The molecule has 2 aromatic carbocycles. The van der Waals surface area contributed by atoms with Crippen molar-refractivity contribution in [3.63, 3.8) is 0 Å². The summed E-state index contributed by atoms with van der Waals surface area (Å²) in [5, 5.41) is 3.93. The summed E-state index contributed by atoms with van der Waals surface area (Å²) in [6.07, 6.45) is 1.81. The van der Waals surface area contributed by atoms with E-state index in [1.165, 1.54) is 0 Å². The Morgan fingerprint density at radius 1 is 1.18 bits per heavy atom. The fraction of sp³-hybridized carbons (Fsp3) is 0.0556. The molecule has 0 radical (unpaired) electrons. The molecule has 0 fully saturated rings. The Balaban J connectivity index is 1.89. The second kappa shape index (κ2) is 4.85. The van der Waals surface area contributed by atoms with E-state index in [0.29, 0.717) is 11.3 Å². The molecule has 1 N–H and O–H groups in total. The molecule has 108 valence electrons. The van der Waals surface area contributed by atoms with E-state index in [1.54, 1.807) is 6.08 Å². The third-order valence-electron chi connectivity index (χ3n) is 3.89. The summed E-state index contributed by atoms with van der Waals surface area (Å²) in [5.41, 5.74) is 4.26. The zero-order valence-corrected chi connectivity index (χ0v) is 13.4. The van der Waals surface area contributed by atoms with Gasteiger partial charge in [-0.05, 0) is 42.8 Å². The predicted octanol–water partition coefficient (Wildman–Crippen LogP) is 5.00. The highest BCUT2D eigenvalue weighted by molar-refractivity contribution is 9.10. The van der Waals surface area contributed by atoms with Gasteiger partial charge in [-0.3, -0.25) is 4.79 Å². The van der Waals surface area contributed by atoms with Crippen LogP contribution in [-0.2, 0) is 4.79 Å². The van der Waals surface area contributed by atoms with Gasteiger partial charge in [-0.15, -0.1) is 0 Å². The quantitative estimate of drug-likeness (QED) is 0.625. The Hall–Kier alpha value is -2.33. The number of carbonyl (C=O) groups excluding carboxylic acids is 1. The first-order valence-electron chi connectivity index (χ1n) is 6.94. The second-order valence-electron chi connectivity index (χ2n) is 5.29. The molecule has 2 heterocycles. The molecule has 0 spiro atoms. The molecular formula is C18H12BrNO2. The van der Waals surface area contributed by atoms with Gasteiger partial charge in [-0.1, -0.05) is 34.1 Å². The first-order valence-corrected chi connectivity index (χ1v) is 7.74. The van der Waals surface area contributed by atoms with E-state index >= 15 is 0 Å². The molecule has 0 saturated carbocycles. The van der Waals surface area contributed by atoms with E-state index in [1.807, 2.05) is 49.4 Å². The summed E-state index contributed by atoms with van der Waals surface area (Å²) >= 11 is 3.52. The van der Waals surface area contributed by atoms with Crippen molar-refractivity contribution in [2.45, 2.75) is 6.92 Å². The lowest BCUT2D eigenvalue weighted by Crippen LogP contribution is -2.03. The number of hydrogen-bond donors (Lipinski definition) is 1. The van der Waals surface area contributed by atoms with Gasteiger partial charge in [0.1, 0.15) is 11.3 Å². The van der Waals surface area contributed by atoms with Gasteiger partial charge in [-0.25, -0.2) is 0 Å². The Labute approximate surface area is 135 Å². The van der Waals surface area contributed by atoms with Gasteiger partial charge >= 0.3 is 0 Å².